The molecular formula is C10H8N2O. The lowest BCUT2D eigenvalue weighted by atomic mass is 10.1. The summed E-state index contributed by atoms with van der Waals surface area (Å²) < 4.78 is 5.17. The van der Waals surface area contributed by atoms with E-state index in [0.29, 0.717) is 5.76 Å². The van der Waals surface area contributed by atoms with Gasteiger partial charge >= 0.3 is 0 Å². The number of hydrogen-bond donors (Lipinski definition) is 1. The van der Waals surface area contributed by atoms with Crippen LogP contribution in [0.1, 0.15) is 17.4 Å². The number of furan rings is 1. The largest absolute Gasteiger partial charge is 0.468 e. The minimum atomic E-state index is -0.329. The first-order valence-corrected chi connectivity index (χ1v) is 3.98. The molecular weight excluding hydrogens is 164 g/mol. The van der Waals surface area contributed by atoms with Crippen LogP contribution in [0.25, 0.3) is 0 Å². The summed E-state index contributed by atoms with van der Waals surface area (Å²) in [6, 6.07) is 9.50. The van der Waals surface area contributed by atoms with E-state index in [1.54, 1.807) is 24.6 Å². The molecule has 0 unspecified atom stereocenters. The molecule has 2 aromatic rings. The number of rotatable bonds is 2. The van der Waals surface area contributed by atoms with Gasteiger partial charge in [-0.1, -0.05) is 0 Å². The van der Waals surface area contributed by atoms with Gasteiger partial charge in [0.25, 0.3) is 0 Å². The molecule has 2 heterocycles. The molecule has 64 valence electrons. The summed E-state index contributed by atoms with van der Waals surface area (Å²) in [7, 11) is 0. The molecule has 2 rings (SSSR count). The fourth-order valence-corrected chi connectivity index (χ4v) is 1.27. The SMILES string of the molecule is N#C[C@@H](c1ccc[nH]1)c1ccco1. The number of aromatic amines is 1. The third kappa shape index (κ3) is 1.34. The summed E-state index contributed by atoms with van der Waals surface area (Å²) in [6.45, 7) is 0. The normalized spacial score (nSPS) is 12.2. The summed E-state index contributed by atoms with van der Waals surface area (Å²) in [4.78, 5) is 2.99. The van der Waals surface area contributed by atoms with E-state index >= 15 is 0 Å². The Morgan fingerprint density at radius 2 is 2.31 bits per heavy atom. The molecule has 0 bridgehead atoms. The topological polar surface area (TPSA) is 52.7 Å². The molecule has 0 amide bonds. The standard InChI is InChI=1S/C10H8N2O/c11-7-8(9-3-1-5-12-9)10-4-2-6-13-10/h1-6,8,12H/t8-/m0/s1. The van der Waals surface area contributed by atoms with Crippen LogP contribution >= 0.6 is 0 Å². The number of nitrogens with zero attached hydrogens (tertiary/aromatic N) is 1. The average molecular weight is 172 g/mol. The first-order chi connectivity index (χ1) is 6.42. The van der Waals surface area contributed by atoms with Crippen LogP contribution in [0.3, 0.4) is 0 Å². The highest BCUT2D eigenvalue weighted by atomic mass is 16.3. The summed E-state index contributed by atoms with van der Waals surface area (Å²) in [5.74, 6) is 0.343. The first-order valence-electron chi connectivity index (χ1n) is 3.98. The molecule has 1 atom stereocenters. The lowest BCUT2D eigenvalue weighted by Crippen LogP contribution is -1.95. The highest BCUT2D eigenvalue weighted by Gasteiger charge is 2.16. The smallest absolute Gasteiger partial charge is 0.144 e. The Kier molecular flexibility index (Phi) is 1.89. The second-order valence-corrected chi connectivity index (χ2v) is 2.70. The van der Waals surface area contributed by atoms with Crippen LogP contribution in [0.4, 0.5) is 0 Å². The van der Waals surface area contributed by atoms with Crippen LogP contribution in [0.15, 0.2) is 41.1 Å². The van der Waals surface area contributed by atoms with Crippen LogP contribution in [0, 0.1) is 11.3 Å². The fraction of sp³-hybridized carbons (Fsp3) is 0.100. The molecule has 2 aromatic heterocycles. The quantitative estimate of drug-likeness (QED) is 0.755. The predicted octanol–water partition coefficient (Wildman–Crippen LogP) is 2.26. The van der Waals surface area contributed by atoms with Gasteiger partial charge in [0.15, 0.2) is 0 Å². The van der Waals surface area contributed by atoms with Gasteiger partial charge in [0, 0.05) is 11.9 Å². The zero-order chi connectivity index (χ0) is 9.10. The van der Waals surface area contributed by atoms with E-state index < -0.39 is 0 Å². The molecule has 0 spiro atoms. The molecule has 0 saturated heterocycles. The Hall–Kier alpha value is -1.95. The van der Waals surface area contributed by atoms with Crippen molar-refractivity contribution in [1.82, 2.24) is 4.98 Å². The molecule has 3 nitrogen and oxygen atoms in total. The van der Waals surface area contributed by atoms with Crippen LogP contribution < -0.4 is 0 Å². The van der Waals surface area contributed by atoms with Gasteiger partial charge in [0.05, 0.1) is 12.3 Å². The van der Waals surface area contributed by atoms with E-state index in [0.717, 1.165) is 5.69 Å². The summed E-state index contributed by atoms with van der Waals surface area (Å²) in [5, 5.41) is 8.94. The summed E-state index contributed by atoms with van der Waals surface area (Å²) in [6.07, 6.45) is 3.37. The predicted molar refractivity (Wildman–Crippen MR) is 47.0 cm³/mol. The van der Waals surface area contributed by atoms with Crippen LogP contribution in [-0.2, 0) is 0 Å². The van der Waals surface area contributed by atoms with Gasteiger partial charge in [0.1, 0.15) is 11.7 Å². The van der Waals surface area contributed by atoms with Gasteiger partial charge in [-0.25, -0.2) is 0 Å². The van der Waals surface area contributed by atoms with E-state index in [1.807, 2.05) is 12.1 Å². The van der Waals surface area contributed by atoms with Gasteiger partial charge in [-0.3, -0.25) is 0 Å². The molecule has 3 heteroatoms. The summed E-state index contributed by atoms with van der Waals surface area (Å²) >= 11 is 0. The fourth-order valence-electron chi connectivity index (χ4n) is 1.27. The third-order valence-corrected chi connectivity index (χ3v) is 1.89. The maximum atomic E-state index is 8.94. The third-order valence-electron chi connectivity index (χ3n) is 1.89. The van der Waals surface area contributed by atoms with Gasteiger partial charge < -0.3 is 9.40 Å². The highest BCUT2D eigenvalue weighted by Crippen LogP contribution is 2.22. The monoisotopic (exact) mass is 172 g/mol. The molecule has 0 aromatic carbocycles. The minimum absolute atomic E-state index is 0.329. The van der Waals surface area contributed by atoms with Crippen molar-refractivity contribution in [2.45, 2.75) is 5.92 Å². The van der Waals surface area contributed by atoms with Crippen molar-refractivity contribution in [1.29, 1.82) is 5.26 Å². The van der Waals surface area contributed by atoms with E-state index in [2.05, 4.69) is 11.1 Å². The number of aromatic nitrogens is 1. The van der Waals surface area contributed by atoms with Crippen molar-refractivity contribution in [3.8, 4) is 6.07 Å². The van der Waals surface area contributed by atoms with Gasteiger partial charge in [-0.05, 0) is 24.3 Å². The highest BCUT2D eigenvalue weighted by molar-refractivity contribution is 5.28. The van der Waals surface area contributed by atoms with Crippen LogP contribution in [0.2, 0.25) is 0 Å². The molecule has 0 aliphatic rings. The van der Waals surface area contributed by atoms with Crippen molar-refractivity contribution in [2.75, 3.05) is 0 Å². The number of hydrogen-bond acceptors (Lipinski definition) is 2. The lowest BCUT2D eigenvalue weighted by Gasteiger charge is -2.01. The molecule has 13 heavy (non-hydrogen) atoms. The molecule has 0 saturated carbocycles. The van der Waals surface area contributed by atoms with Crippen LogP contribution in [-0.4, -0.2) is 4.98 Å². The molecule has 1 N–H and O–H groups in total. The second-order valence-electron chi connectivity index (χ2n) is 2.70. The molecule has 0 fully saturated rings. The zero-order valence-corrected chi connectivity index (χ0v) is 6.90. The number of H-pyrrole nitrogens is 1. The van der Waals surface area contributed by atoms with E-state index in [4.69, 9.17) is 9.68 Å². The van der Waals surface area contributed by atoms with Gasteiger partial charge in [-0.15, -0.1) is 0 Å². The van der Waals surface area contributed by atoms with Gasteiger partial charge in [0.2, 0.25) is 0 Å². The molecule has 0 radical (unpaired) electrons. The first kappa shape index (κ1) is 7.69. The Morgan fingerprint density at radius 3 is 2.85 bits per heavy atom. The summed E-state index contributed by atoms with van der Waals surface area (Å²) in [5.41, 5.74) is 0.859. The minimum Gasteiger partial charge on any atom is -0.468 e. The maximum absolute atomic E-state index is 8.94. The number of nitriles is 1. The second kappa shape index (κ2) is 3.20. The van der Waals surface area contributed by atoms with Gasteiger partial charge in [-0.2, -0.15) is 5.26 Å². The van der Waals surface area contributed by atoms with Crippen molar-refractivity contribution in [3.05, 3.63) is 48.2 Å². The van der Waals surface area contributed by atoms with Crippen molar-refractivity contribution in [2.24, 2.45) is 0 Å². The van der Waals surface area contributed by atoms with E-state index in [-0.39, 0.29) is 5.92 Å². The number of nitrogens with one attached hydrogen (secondary N) is 1. The zero-order valence-electron chi connectivity index (χ0n) is 6.90. The Morgan fingerprint density at radius 1 is 1.38 bits per heavy atom. The van der Waals surface area contributed by atoms with Crippen molar-refractivity contribution in [3.63, 3.8) is 0 Å². The van der Waals surface area contributed by atoms with Crippen molar-refractivity contribution < 1.29 is 4.42 Å². The Bertz CT molecular complexity index is 360. The Labute approximate surface area is 75.6 Å². The van der Waals surface area contributed by atoms with E-state index in [1.165, 1.54) is 0 Å². The molecule has 0 aliphatic carbocycles. The van der Waals surface area contributed by atoms with Crippen molar-refractivity contribution >= 4 is 0 Å². The average Bonchev–Trinajstić information content (AvgIpc) is 2.76. The maximum Gasteiger partial charge on any atom is 0.144 e. The van der Waals surface area contributed by atoms with E-state index in [9.17, 15) is 0 Å². The Balaban J connectivity index is 2.36. The van der Waals surface area contributed by atoms with Crippen LogP contribution in [0.5, 0.6) is 0 Å². The molecule has 0 aliphatic heterocycles. The lowest BCUT2D eigenvalue weighted by molar-refractivity contribution is 0.507.